The molecule has 1 aromatic carbocycles. The Morgan fingerprint density at radius 2 is 0.959 bits per heavy atom. The van der Waals surface area contributed by atoms with Crippen molar-refractivity contribution in [1.29, 1.82) is 5.26 Å². The van der Waals surface area contributed by atoms with Crippen LogP contribution in [-0.4, -0.2) is 34.0 Å². The first-order valence-corrected chi connectivity index (χ1v) is 25.2. The molecule has 0 N–H and O–H groups in total. The molecule has 6 aliphatic carbocycles. The fourth-order valence-corrected chi connectivity index (χ4v) is 20.5. The maximum atomic E-state index is 8.27. The van der Waals surface area contributed by atoms with Gasteiger partial charge in [0.2, 0.25) is 0 Å². The van der Waals surface area contributed by atoms with Gasteiger partial charge >= 0.3 is 24.8 Å². The minimum atomic E-state index is 0. The third kappa shape index (κ3) is 14.6. The van der Waals surface area contributed by atoms with Gasteiger partial charge in [-0.25, -0.2) is 0 Å². The molecule has 1 aromatic rings. The van der Waals surface area contributed by atoms with Crippen molar-refractivity contribution in [3.05, 3.63) is 35.9 Å². The molecular weight excluding hydrogens is 742 g/mol. The predicted octanol–water partition coefficient (Wildman–Crippen LogP) is 14.8. The third-order valence-corrected chi connectivity index (χ3v) is 21.3. The largest absolute Gasteiger partial charge is 0 e. The normalized spacial score (nSPS) is 26.2. The number of hydrogen-bond acceptors (Lipinski definition) is 1. The van der Waals surface area contributed by atoms with E-state index < -0.39 is 0 Å². The van der Waals surface area contributed by atoms with Crippen LogP contribution in [0.15, 0.2) is 24.3 Å². The van der Waals surface area contributed by atoms with Gasteiger partial charge in [-0.3, -0.25) is 0 Å². The minimum Gasteiger partial charge on any atom is 0 e. The molecule has 283 valence electrons. The van der Waals surface area contributed by atoms with Gasteiger partial charge in [-0.15, -0.1) is 0 Å². The molecule has 0 saturated heterocycles. The summed E-state index contributed by atoms with van der Waals surface area (Å²) < 4.78 is 0. The molecule has 6 fully saturated rings. The van der Waals surface area contributed by atoms with E-state index in [0.29, 0.717) is 5.56 Å². The zero-order chi connectivity index (χ0) is 33.8. The summed E-state index contributed by atoms with van der Waals surface area (Å²) in [5, 5.41) is 8.27. The number of halogens is 1. The first-order valence-electron chi connectivity index (χ1n) is 20.8. The summed E-state index contributed by atoms with van der Waals surface area (Å²) in [7, 11) is 4.80. The summed E-state index contributed by atoms with van der Waals surface area (Å²) in [5.41, 5.74) is 7.61. The van der Waals surface area contributed by atoms with Gasteiger partial charge in [-0.1, -0.05) is 144 Å². The van der Waals surface area contributed by atoms with Crippen LogP contribution in [0.1, 0.15) is 192 Å². The zero-order valence-electron chi connectivity index (χ0n) is 31.0. The van der Waals surface area contributed by atoms with Crippen LogP contribution in [0.2, 0.25) is 0 Å². The summed E-state index contributed by atoms with van der Waals surface area (Å²) in [4.78, 5) is 0. The molecule has 0 radical (unpaired) electrons. The average Bonchev–Trinajstić information content (AvgIpc) is 3.92. The quantitative estimate of drug-likeness (QED) is 0.153. The predicted molar refractivity (Wildman–Crippen MR) is 211 cm³/mol. The molecule has 6 saturated carbocycles. The van der Waals surface area contributed by atoms with Crippen molar-refractivity contribution in [3.63, 3.8) is 0 Å². The second kappa shape index (κ2) is 26.6. The first-order chi connectivity index (χ1) is 23.8. The molecule has 49 heavy (non-hydrogen) atoms. The maximum Gasteiger partial charge on any atom is 0 e. The molecular formula is C43H70ClFeNNiP2-. The van der Waals surface area contributed by atoms with Gasteiger partial charge in [0.1, 0.15) is 0 Å². The molecule has 1 nitrogen and oxygen atoms in total. The van der Waals surface area contributed by atoms with Crippen LogP contribution in [0.3, 0.4) is 0 Å². The summed E-state index contributed by atoms with van der Waals surface area (Å²) in [5.74, 6) is 1.13. The zero-order valence-corrected chi connectivity index (χ0v) is 35.7. The fourth-order valence-electron chi connectivity index (χ4n) is 10.8. The van der Waals surface area contributed by atoms with E-state index >= 15 is 0 Å². The van der Waals surface area contributed by atoms with Gasteiger partial charge in [-0.05, 0) is 104 Å². The number of benzene rings is 1. The third-order valence-electron chi connectivity index (χ3n) is 13.1. The Morgan fingerprint density at radius 3 is 1.33 bits per heavy atom. The van der Waals surface area contributed by atoms with Crippen molar-refractivity contribution in [2.75, 3.05) is 0 Å². The Morgan fingerprint density at radius 1 is 0.592 bits per heavy atom. The topological polar surface area (TPSA) is 23.8 Å². The monoisotopic (exact) mass is 811 g/mol. The summed E-state index contributed by atoms with van der Waals surface area (Å²) in [6.45, 7) is 2.85. The van der Waals surface area contributed by atoms with Crippen LogP contribution in [0.25, 0.3) is 0 Å². The molecule has 0 bridgehead atoms. The molecule has 0 aromatic heterocycles. The van der Waals surface area contributed by atoms with Crippen molar-refractivity contribution in [1.82, 2.24) is 0 Å². The fraction of sp³-hybridized carbons (Fsp3) is 0.837. The average molecular weight is 813 g/mol. The van der Waals surface area contributed by atoms with Gasteiger partial charge in [-0.2, -0.15) is 35.6 Å². The van der Waals surface area contributed by atoms with E-state index in [0.717, 1.165) is 22.9 Å². The molecule has 0 heterocycles. The molecule has 0 amide bonds. The van der Waals surface area contributed by atoms with Crippen LogP contribution in [0, 0.1) is 23.3 Å². The van der Waals surface area contributed by atoms with E-state index in [1.807, 2.05) is 6.07 Å². The smallest absolute Gasteiger partial charge is 0 e. The Balaban J connectivity index is 0.000000337. The molecule has 6 aliphatic rings. The second-order valence-electron chi connectivity index (χ2n) is 16.1. The van der Waals surface area contributed by atoms with Crippen LogP contribution < -0.4 is 0 Å². The maximum absolute atomic E-state index is 8.27. The number of nitriles is 1. The summed E-state index contributed by atoms with van der Waals surface area (Å²) >= 11 is 3.35. The molecule has 2 unspecified atom stereocenters. The van der Waals surface area contributed by atoms with Crippen LogP contribution >= 0.6 is 26.0 Å². The molecule has 3 atom stereocenters. The Hall–Kier alpha value is 0.873. The molecule has 0 aliphatic heterocycles. The van der Waals surface area contributed by atoms with E-state index in [4.69, 9.17) is 5.26 Å². The van der Waals surface area contributed by atoms with Gasteiger partial charge in [0.25, 0.3) is 0 Å². The van der Waals surface area contributed by atoms with Gasteiger partial charge < -0.3 is 0 Å². The first kappa shape index (κ1) is 44.3. The van der Waals surface area contributed by atoms with Crippen molar-refractivity contribution in [3.8, 4) is 6.07 Å². The van der Waals surface area contributed by atoms with E-state index in [-0.39, 0.29) is 32.9 Å². The molecule has 0 spiro atoms. The Labute approximate surface area is 329 Å². The Kier molecular flexibility index (Phi) is 24.0. The minimum absolute atomic E-state index is 0. The Bertz CT molecular complexity index is 938. The standard InChI is InChI=1S/C31H56P2.C7H4N.C5H10.ClH.Fe.Ni/c1-25(32(26-15-6-2-7-16-26)27-17-8-3-9-18-27)30-23-14-24-31(30)33(28-19-10-4-11-20-28)29-21-12-5-13-22-29;8-6-7-4-2-1-3-5-7;1-2-4-5-3-1;;;/h25-31H,2-24H2,1H3;2-5H;1-5H2;1H;;/q;-1;;;;+1/p-1/t25-,30?,31?;;;;;/m1...../s1. The van der Waals surface area contributed by atoms with Crippen LogP contribution in [0.5, 0.6) is 0 Å². The van der Waals surface area contributed by atoms with E-state index in [1.54, 1.807) is 172 Å². The number of hydrogen-bond donors (Lipinski definition) is 0. The van der Waals surface area contributed by atoms with Crippen LogP contribution in [-0.2, 0) is 31.6 Å². The molecule has 6 heteroatoms. The van der Waals surface area contributed by atoms with Gasteiger partial charge in [0.05, 0.1) is 6.07 Å². The van der Waals surface area contributed by atoms with Gasteiger partial charge in [0, 0.05) is 17.1 Å². The number of rotatable bonds is 7. The molecule has 7 rings (SSSR count). The van der Waals surface area contributed by atoms with Crippen molar-refractivity contribution < 1.29 is 31.6 Å². The SMILES string of the molecule is C1CCCC1.C[C@H](C1CCCC1P(C1CCCCC1)C1CCCCC1)P(C1CCCCC1)C1CCCCC1.N#Cc1cc[c-]cc1.[Cl][Ni].[Fe]. The van der Waals surface area contributed by atoms with Crippen molar-refractivity contribution >= 4 is 26.0 Å². The number of nitrogens with zero attached hydrogens (tertiary/aromatic N) is 1. The van der Waals surface area contributed by atoms with E-state index in [2.05, 4.69) is 37.8 Å². The summed E-state index contributed by atoms with van der Waals surface area (Å²) in [6.07, 6.45) is 44.0. The van der Waals surface area contributed by atoms with E-state index in [1.165, 1.54) is 49.1 Å². The summed E-state index contributed by atoms with van der Waals surface area (Å²) in [6, 6.07) is 11.7. The second-order valence-corrected chi connectivity index (χ2v) is 22.3. The van der Waals surface area contributed by atoms with Crippen molar-refractivity contribution in [2.24, 2.45) is 5.92 Å². The van der Waals surface area contributed by atoms with E-state index in [9.17, 15) is 0 Å². The van der Waals surface area contributed by atoms with Gasteiger partial charge in [0.15, 0.2) is 0 Å². The van der Waals surface area contributed by atoms with Crippen molar-refractivity contribution in [2.45, 2.75) is 221 Å². The van der Waals surface area contributed by atoms with Crippen LogP contribution in [0.4, 0.5) is 0 Å².